The fourth-order valence-corrected chi connectivity index (χ4v) is 25.4. The highest BCUT2D eigenvalue weighted by atomic mass is 15.0. The van der Waals surface area contributed by atoms with Crippen molar-refractivity contribution in [3.05, 3.63) is 452 Å². The van der Waals surface area contributed by atoms with Crippen molar-refractivity contribution in [1.29, 1.82) is 0 Å². The molecule has 6 heterocycles. The van der Waals surface area contributed by atoms with Crippen molar-refractivity contribution in [3.63, 3.8) is 0 Å². The van der Waals surface area contributed by atoms with Gasteiger partial charge in [-0.05, 0) is 286 Å². The monoisotopic (exact) mass is 1760 g/mol. The number of para-hydroxylation sites is 4. The molecule has 0 saturated heterocycles. The lowest BCUT2D eigenvalue weighted by molar-refractivity contribution is 0.660. The van der Waals surface area contributed by atoms with Crippen molar-refractivity contribution >= 4 is 120 Å². The first kappa shape index (κ1) is 77.2. The van der Waals surface area contributed by atoms with Gasteiger partial charge < -0.3 is 22.8 Å². The van der Waals surface area contributed by atoms with Crippen molar-refractivity contribution in [1.82, 2.24) is 32.8 Å². The first-order chi connectivity index (χ1) is 67.7. The first-order valence-electron chi connectivity index (χ1n) is 48.3. The van der Waals surface area contributed by atoms with Gasteiger partial charge in [-0.15, -0.1) is 0 Å². The molecule has 4 aliphatic rings. The van der Waals surface area contributed by atoms with Crippen LogP contribution < -0.4 is 0 Å². The van der Waals surface area contributed by atoms with E-state index in [1.165, 1.54) is 182 Å². The molecule has 0 atom stereocenters. The fraction of sp³-hybridized carbons (Fsp3) is 0.0687. The molecule has 20 aromatic carbocycles. The summed E-state index contributed by atoms with van der Waals surface area (Å²) in [6.07, 6.45) is 0. The van der Waals surface area contributed by atoms with E-state index in [2.05, 4.69) is 483 Å². The molecule has 30 rings (SSSR count). The molecule has 7 heteroatoms. The van der Waals surface area contributed by atoms with E-state index < -0.39 is 0 Å². The van der Waals surface area contributed by atoms with Gasteiger partial charge in [0.2, 0.25) is 0 Å². The van der Waals surface area contributed by atoms with Crippen LogP contribution in [0.25, 0.3) is 260 Å². The maximum atomic E-state index is 5.84. The van der Waals surface area contributed by atoms with Gasteiger partial charge in [0.05, 0.1) is 66.6 Å². The highest BCUT2D eigenvalue weighted by Gasteiger charge is 2.40. The number of benzene rings is 20. The van der Waals surface area contributed by atoms with Gasteiger partial charge in [0, 0.05) is 121 Å². The SMILES string of the molecule is CC1(C)c2ccccc2-c2ccc(-n3c4ccccc4c4cc(-c5ccc6c(c5)c5ccccc5n6-c5ccc(-c6nc(-c7cccc(-n8c9ccc(-c%10ccc%11c(c%10)c%10ccccc%10n%11-c%10ccc%11c(c%10)C(C)(C)c%10ccccc%10-%11)cc9c9cc(-c%10ccc%11c(c%10)c%10ccccc%10n%11-c%10ccc%11c(c%10)C(C)(C)c%10ccccc%10-%11)ccc98)c7)c7c(n6)-c6cccc8cccc-7c68)cc5)ccc43)cc21. The van der Waals surface area contributed by atoms with Crippen molar-refractivity contribution in [2.45, 2.75) is 57.8 Å². The second-order valence-corrected chi connectivity index (χ2v) is 40.3. The average Bonchev–Trinajstić information content (AvgIpc) is 1.56. The molecular weight excluding hydrogens is 1670 g/mol. The van der Waals surface area contributed by atoms with Crippen LogP contribution in [0.3, 0.4) is 0 Å². The summed E-state index contributed by atoms with van der Waals surface area (Å²) < 4.78 is 12.3. The van der Waals surface area contributed by atoms with Gasteiger partial charge in [-0.2, -0.15) is 0 Å². The van der Waals surface area contributed by atoms with Crippen molar-refractivity contribution in [2.75, 3.05) is 0 Å². The Balaban J connectivity index is 0.542. The number of hydrogen-bond acceptors (Lipinski definition) is 2. The maximum Gasteiger partial charge on any atom is 0.160 e. The summed E-state index contributed by atoms with van der Waals surface area (Å²) in [4.78, 5) is 11.5. The molecule has 0 fully saturated rings. The minimum absolute atomic E-state index is 0.112. The van der Waals surface area contributed by atoms with E-state index in [4.69, 9.17) is 9.97 Å². The van der Waals surface area contributed by atoms with Gasteiger partial charge in [0.1, 0.15) is 0 Å². The van der Waals surface area contributed by atoms with E-state index >= 15 is 0 Å². The lowest BCUT2D eigenvalue weighted by Crippen LogP contribution is -2.15. The second kappa shape index (κ2) is 28.0. The maximum absolute atomic E-state index is 5.84. The quantitative estimate of drug-likeness (QED) is 0.137. The number of nitrogens with zero attached hydrogens (tertiary/aromatic N) is 7. The summed E-state index contributed by atoms with van der Waals surface area (Å²) >= 11 is 0. The summed E-state index contributed by atoms with van der Waals surface area (Å²) in [6.45, 7) is 14.2. The third-order valence-corrected chi connectivity index (χ3v) is 32.0. The van der Waals surface area contributed by atoms with Crippen LogP contribution in [0.5, 0.6) is 0 Å². The van der Waals surface area contributed by atoms with E-state index in [9.17, 15) is 0 Å². The van der Waals surface area contributed by atoms with Gasteiger partial charge in [0.15, 0.2) is 5.82 Å². The smallest absolute Gasteiger partial charge is 0.160 e. The molecule has 0 saturated carbocycles. The van der Waals surface area contributed by atoms with Gasteiger partial charge in [-0.3, -0.25) is 0 Å². The Bertz CT molecular complexity index is 9670. The highest BCUT2D eigenvalue weighted by molar-refractivity contribution is 6.20. The normalized spacial score (nSPS) is 13.9. The molecule has 4 aliphatic carbocycles. The Morgan fingerprint density at radius 2 is 0.449 bits per heavy atom. The van der Waals surface area contributed by atoms with E-state index in [1.54, 1.807) is 0 Å². The van der Waals surface area contributed by atoms with Gasteiger partial charge in [0.25, 0.3) is 0 Å². The molecule has 0 aliphatic heterocycles. The Hall–Kier alpha value is -17.3. The van der Waals surface area contributed by atoms with Gasteiger partial charge in [-0.1, -0.05) is 290 Å². The predicted octanol–water partition coefficient (Wildman–Crippen LogP) is 34.0. The van der Waals surface area contributed by atoms with E-state index in [1.807, 2.05) is 0 Å². The largest absolute Gasteiger partial charge is 0.309 e. The third-order valence-electron chi connectivity index (χ3n) is 32.0. The molecule has 7 nitrogen and oxygen atoms in total. The van der Waals surface area contributed by atoms with Gasteiger partial charge in [-0.25, -0.2) is 9.97 Å². The molecule has 0 unspecified atom stereocenters. The molecule has 26 aromatic rings. The van der Waals surface area contributed by atoms with Crippen molar-refractivity contribution in [2.24, 2.45) is 0 Å². The molecule has 6 aromatic heterocycles. The summed E-state index contributed by atoms with van der Waals surface area (Å²) in [5.74, 6) is 0.666. The molecular formula is C131H87N7. The molecule has 0 spiro atoms. The molecule has 0 radical (unpaired) electrons. The predicted molar refractivity (Wildman–Crippen MR) is 576 cm³/mol. The zero-order valence-electron chi connectivity index (χ0n) is 77.0. The number of rotatable bonds is 10. The Kier molecular flexibility index (Phi) is 15.6. The van der Waals surface area contributed by atoms with Crippen LogP contribution in [0.4, 0.5) is 0 Å². The van der Waals surface area contributed by atoms with Gasteiger partial charge >= 0.3 is 0 Å². The van der Waals surface area contributed by atoms with Crippen LogP contribution in [0.1, 0.15) is 74.9 Å². The fourth-order valence-electron chi connectivity index (χ4n) is 25.4. The van der Waals surface area contributed by atoms with E-state index in [-0.39, 0.29) is 16.2 Å². The first-order valence-corrected chi connectivity index (χ1v) is 48.3. The minimum Gasteiger partial charge on any atom is -0.309 e. The minimum atomic E-state index is -0.138. The van der Waals surface area contributed by atoms with Crippen LogP contribution in [0.15, 0.2) is 419 Å². The van der Waals surface area contributed by atoms with Crippen LogP contribution in [-0.4, -0.2) is 32.8 Å². The Morgan fingerprint density at radius 1 is 0.174 bits per heavy atom. The van der Waals surface area contributed by atoms with Crippen LogP contribution in [0.2, 0.25) is 0 Å². The summed E-state index contributed by atoms with van der Waals surface area (Å²) in [7, 11) is 0. The van der Waals surface area contributed by atoms with Crippen molar-refractivity contribution in [3.8, 4) is 140 Å². The zero-order chi connectivity index (χ0) is 91.2. The third kappa shape index (κ3) is 10.7. The lowest BCUT2D eigenvalue weighted by Gasteiger charge is -2.22. The molecule has 138 heavy (non-hydrogen) atoms. The summed E-state index contributed by atoms with van der Waals surface area (Å²) in [5.41, 5.74) is 47.0. The molecule has 0 N–H and O–H groups in total. The summed E-state index contributed by atoms with van der Waals surface area (Å²) in [6, 6.07) is 158. The molecule has 646 valence electrons. The van der Waals surface area contributed by atoms with Crippen LogP contribution >= 0.6 is 0 Å². The Morgan fingerprint density at radius 3 is 0.826 bits per heavy atom. The Labute approximate surface area is 797 Å². The molecule has 0 bridgehead atoms. The summed E-state index contributed by atoms with van der Waals surface area (Å²) in [5, 5.41) is 14.5. The number of hydrogen-bond donors (Lipinski definition) is 0. The van der Waals surface area contributed by atoms with E-state index in [0.717, 1.165) is 106 Å². The number of aromatic nitrogens is 7. The lowest BCUT2D eigenvalue weighted by atomic mass is 9.82. The topological polar surface area (TPSA) is 50.4 Å². The van der Waals surface area contributed by atoms with Crippen molar-refractivity contribution < 1.29 is 0 Å². The highest BCUT2D eigenvalue weighted by Crippen LogP contribution is 2.57. The second-order valence-electron chi connectivity index (χ2n) is 40.3. The average molecular weight is 1760 g/mol. The zero-order valence-corrected chi connectivity index (χ0v) is 77.0. The number of fused-ring (bicyclic) bond motifs is 27. The molecule has 0 amide bonds. The van der Waals surface area contributed by atoms with E-state index in [0.29, 0.717) is 5.82 Å². The van der Waals surface area contributed by atoms with Crippen LogP contribution in [0, 0.1) is 0 Å². The standard InChI is InChI=1S/C131H87N7/c1-129(2)108-37-14-7-28-90(108)93-57-54-87(73-111(93)129)136-115-41-18-11-32-97(115)103-68-79(47-61-119(103)136)78-46-60-118-102(67-78)96-31-10-17-40-114(96)134(118)85-52-44-77(45-53-85)128-132-126(125-100-35-22-24-76-25-23-36-101(124(76)100)127(125)133-128)84-26-21-27-86(66-84)135-122-64-50-82(80-48-62-120-104(69-80)98-33-12-19-42-116(98)137(120)88-55-58-94-91-29-8-15-38-109(91)130(3,4)112(94)74-88)71-106(122)107-72-83(51-65-123(107)135)81-49-63-121-105(70-81)99-34-13-20-43-117(99)138(121)89-56-59-95-92-30-9-16-39-110(92)131(5,6)113(95)75-89/h7-75H,1-6H3. The van der Waals surface area contributed by atoms with Crippen LogP contribution in [-0.2, 0) is 16.2 Å².